The van der Waals surface area contributed by atoms with E-state index in [0.717, 1.165) is 31.2 Å². The zero-order valence-electron chi connectivity index (χ0n) is 14.8. The quantitative estimate of drug-likeness (QED) is 0.782. The average Bonchev–Trinajstić information content (AvgIpc) is 2.50. The maximum Gasteiger partial charge on any atom is 0.119 e. The summed E-state index contributed by atoms with van der Waals surface area (Å²) in [5.74, 6) is 0.964. The first-order chi connectivity index (χ1) is 10.8. The third kappa shape index (κ3) is 2.24. The standard InChI is InChI=1S/C20H30O3/c1-12(2)18-13-5-8-16-19(3,14(13)6-7-15(18)22)10-9-17(23)20(16,4)11-21/h6-7,12,16-17,21-23H,5,8-11H2,1-4H3/t16-,17+,19-,20-/m1/s1. The molecule has 4 atom stereocenters. The summed E-state index contributed by atoms with van der Waals surface area (Å²) in [6.45, 7) is 8.61. The summed E-state index contributed by atoms with van der Waals surface area (Å²) in [6.07, 6.45) is 3.10. The number of hydrogen-bond acceptors (Lipinski definition) is 3. The molecule has 2 aliphatic carbocycles. The Morgan fingerprint density at radius 2 is 1.91 bits per heavy atom. The van der Waals surface area contributed by atoms with Crippen molar-refractivity contribution in [3.8, 4) is 5.75 Å². The molecule has 1 aromatic carbocycles. The number of aliphatic hydroxyl groups is 2. The summed E-state index contributed by atoms with van der Waals surface area (Å²) < 4.78 is 0. The molecule has 128 valence electrons. The van der Waals surface area contributed by atoms with Gasteiger partial charge in [-0.15, -0.1) is 0 Å². The highest BCUT2D eigenvalue weighted by atomic mass is 16.3. The van der Waals surface area contributed by atoms with Crippen LogP contribution in [0.3, 0.4) is 0 Å². The molecule has 0 aliphatic heterocycles. The van der Waals surface area contributed by atoms with E-state index in [1.807, 2.05) is 13.0 Å². The Kier molecular flexibility index (Phi) is 4.01. The Bertz CT molecular complexity index is 609. The molecule has 1 aromatic rings. The molecule has 0 unspecified atom stereocenters. The van der Waals surface area contributed by atoms with Crippen molar-refractivity contribution in [1.29, 1.82) is 0 Å². The fourth-order valence-electron chi connectivity index (χ4n) is 5.48. The smallest absolute Gasteiger partial charge is 0.119 e. The summed E-state index contributed by atoms with van der Waals surface area (Å²) in [6, 6.07) is 3.92. The van der Waals surface area contributed by atoms with E-state index in [1.54, 1.807) is 0 Å². The normalized spacial score (nSPS) is 36.7. The van der Waals surface area contributed by atoms with Crippen LogP contribution in [-0.4, -0.2) is 28.0 Å². The summed E-state index contributed by atoms with van der Waals surface area (Å²) in [5.41, 5.74) is 3.22. The van der Waals surface area contributed by atoms with Crippen molar-refractivity contribution in [2.45, 2.75) is 70.8 Å². The number of rotatable bonds is 2. The molecular weight excluding hydrogens is 288 g/mol. The lowest BCUT2D eigenvalue weighted by atomic mass is 9.49. The second kappa shape index (κ2) is 5.49. The number of phenolic OH excluding ortho intramolecular Hbond substituents is 1. The van der Waals surface area contributed by atoms with E-state index in [9.17, 15) is 15.3 Å². The molecule has 1 saturated carbocycles. The third-order valence-electron chi connectivity index (χ3n) is 6.81. The number of fused-ring (bicyclic) bond motifs is 3. The second-order valence-corrected chi connectivity index (χ2v) is 8.41. The van der Waals surface area contributed by atoms with Crippen LogP contribution < -0.4 is 0 Å². The molecule has 3 nitrogen and oxygen atoms in total. The molecule has 0 saturated heterocycles. The summed E-state index contributed by atoms with van der Waals surface area (Å²) in [7, 11) is 0. The van der Waals surface area contributed by atoms with Crippen LogP contribution in [0.4, 0.5) is 0 Å². The Morgan fingerprint density at radius 1 is 1.22 bits per heavy atom. The minimum absolute atomic E-state index is 0.0267. The molecule has 3 heteroatoms. The van der Waals surface area contributed by atoms with Crippen LogP contribution in [0.5, 0.6) is 5.75 Å². The van der Waals surface area contributed by atoms with Crippen LogP contribution in [0.25, 0.3) is 0 Å². The minimum atomic E-state index is -0.444. The first-order valence-electron chi connectivity index (χ1n) is 8.90. The zero-order chi connectivity index (χ0) is 17.0. The number of phenols is 1. The lowest BCUT2D eigenvalue weighted by molar-refractivity contribution is -0.110. The van der Waals surface area contributed by atoms with Gasteiger partial charge in [0.2, 0.25) is 0 Å². The first kappa shape index (κ1) is 16.8. The number of aliphatic hydroxyl groups excluding tert-OH is 2. The fourth-order valence-corrected chi connectivity index (χ4v) is 5.48. The van der Waals surface area contributed by atoms with Crippen molar-refractivity contribution in [3.63, 3.8) is 0 Å². The van der Waals surface area contributed by atoms with Gasteiger partial charge in [0.15, 0.2) is 0 Å². The Labute approximate surface area is 139 Å². The zero-order valence-corrected chi connectivity index (χ0v) is 14.8. The topological polar surface area (TPSA) is 60.7 Å². The third-order valence-corrected chi connectivity index (χ3v) is 6.81. The predicted molar refractivity (Wildman–Crippen MR) is 91.8 cm³/mol. The van der Waals surface area contributed by atoms with Crippen molar-refractivity contribution < 1.29 is 15.3 Å². The second-order valence-electron chi connectivity index (χ2n) is 8.41. The lowest BCUT2D eigenvalue weighted by Crippen LogP contribution is -2.56. The van der Waals surface area contributed by atoms with E-state index in [4.69, 9.17) is 0 Å². The highest BCUT2D eigenvalue weighted by molar-refractivity contribution is 5.51. The Balaban J connectivity index is 2.16. The Morgan fingerprint density at radius 3 is 2.52 bits per heavy atom. The van der Waals surface area contributed by atoms with Gasteiger partial charge >= 0.3 is 0 Å². The van der Waals surface area contributed by atoms with Gasteiger partial charge in [-0.3, -0.25) is 0 Å². The molecule has 2 aliphatic rings. The van der Waals surface area contributed by atoms with Gasteiger partial charge in [-0.05, 0) is 65.7 Å². The van der Waals surface area contributed by atoms with Gasteiger partial charge in [-0.2, -0.15) is 0 Å². The SMILES string of the molecule is CC(C)c1c(O)ccc2c1CC[C@H]1[C@@](C)(CO)[C@@H](O)CC[C@]21C. The van der Waals surface area contributed by atoms with Crippen molar-refractivity contribution in [3.05, 3.63) is 28.8 Å². The van der Waals surface area contributed by atoms with Crippen LogP contribution in [0.2, 0.25) is 0 Å². The molecule has 0 heterocycles. The maximum atomic E-state index is 10.5. The Hall–Kier alpha value is -1.06. The molecule has 0 radical (unpaired) electrons. The van der Waals surface area contributed by atoms with Crippen molar-refractivity contribution in [1.82, 2.24) is 0 Å². The van der Waals surface area contributed by atoms with E-state index >= 15 is 0 Å². The van der Waals surface area contributed by atoms with Crippen LogP contribution in [-0.2, 0) is 11.8 Å². The van der Waals surface area contributed by atoms with Gasteiger partial charge < -0.3 is 15.3 Å². The van der Waals surface area contributed by atoms with Crippen LogP contribution in [0, 0.1) is 11.3 Å². The fraction of sp³-hybridized carbons (Fsp3) is 0.700. The van der Waals surface area contributed by atoms with E-state index < -0.39 is 11.5 Å². The number of benzene rings is 1. The van der Waals surface area contributed by atoms with Gasteiger partial charge in [-0.1, -0.05) is 33.8 Å². The largest absolute Gasteiger partial charge is 0.508 e. The molecule has 3 rings (SSSR count). The highest BCUT2D eigenvalue weighted by Gasteiger charge is 2.55. The van der Waals surface area contributed by atoms with Crippen molar-refractivity contribution in [2.75, 3.05) is 6.61 Å². The molecule has 0 spiro atoms. The summed E-state index contributed by atoms with van der Waals surface area (Å²) in [5, 5.41) is 30.9. The van der Waals surface area contributed by atoms with Gasteiger partial charge in [0.25, 0.3) is 0 Å². The van der Waals surface area contributed by atoms with Crippen LogP contribution in [0.1, 0.15) is 69.6 Å². The number of aromatic hydroxyl groups is 1. The monoisotopic (exact) mass is 318 g/mol. The van der Waals surface area contributed by atoms with Gasteiger partial charge in [-0.25, -0.2) is 0 Å². The van der Waals surface area contributed by atoms with Gasteiger partial charge in [0.05, 0.1) is 12.7 Å². The molecule has 3 N–H and O–H groups in total. The lowest BCUT2D eigenvalue weighted by Gasteiger charge is -2.57. The van der Waals surface area contributed by atoms with E-state index in [-0.39, 0.29) is 17.9 Å². The van der Waals surface area contributed by atoms with Gasteiger partial charge in [0.1, 0.15) is 5.75 Å². The number of hydrogen-bond donors (Lipinski definition) is 3. The van der Waals surface area contributed by atoms with E-state index in [1.165, 1.54) is 11.1 Å². The molecule has 0 aromatic heterocycles. The molecule has 0 amide bonds. The molecule has 1 fully saturated rings. The summed E-state index contributed by atoms with van der Waals surface area (Å²) >= 11 is 0. The van der Waals surface area contributed by atoms with Crippen LogP contribution >= 0.6 is 0 Å². The summed E-state index contributed by atoms with van der Waals surface area (Å²) in [4.78, 5) is 0. The molecule has 0 bridgehead atoms. The van der Waals surface area contributed by atoms with Gasteiger partial charge in [0, 0.05) is 5.41 Å². The maximum absolute atomic E-state index is 10.5. The van der Waals surface area contributed by atoms with E-state index in [0.29, 0.717) is 11.7 Å². The molecular formula is C20H30O3. The minimum Gasteiger partial charge on any atom is -0.508 e. The van der Waals surface area contributed by atoms with E-state index in [2.05, 4.69) is 26.8 Å². The highest BCUT2D eigenvalue weighted by Crippen LogP contribution is 2.58. The predicted octanol–water partition coefficient (Wildman–Crippen LogP) is 3.49. The average molecular weight is 318 g/mol. The van der Waals surface area contributed by atoms with Crippen molar-refractivity contribution >= 4 is 0 Å². The first-order valence-corrected chi connectivity index (χ1v) is 8.90. The van der Waals surface area contributed by atoms with Crippen molar-refractivity contribution in [2.24, 2.45) is 11.3 Å². The van der Waals surface area contributed by atoms with Crippen LogP contribution in [0.15, 0.2) is 12.1 Å². The molecule has 23 heavy (non-hydrogen) atoms.